The lowest BCUT2D eigenvalue weighted by molar-refractivity contribution is -0.694. The summed E-state index contributed by atoms with van der Waals surface area (Å²) in [6.07, 6.45) is -19.0. The molecule has 496 valence electrons. The summed E-state index contributed by atoms with van der Waals surface area (Å²) < 4.78 is 86.2. The molecule has 0 spiro atoms. The molecule has 8 rings (SSSR count). The Balaban J connectivity index is 0.000000214. The first-order chi connectivity index (χ1) is 40.4. The van der Waals surface area contributed by atoms with Gasteiger partial charge in [0.2, 0.25) is 12.6 Å². The van der Waals surface area contributed by atoms with Crippen molar-refractivity contribution < 1.29 is 140 Å². The molecule has 4 fully saturated rings. The Labute approximate surface area is 484 Å². The van der Waals surface area contributed by atoms with Crippen molar-refractivity contribution in [1.29, 1.82) is 0 Å². The number of nitrogens with zero attached hydrogens (tertiary/aromatic N) is 9. The van der Waals surface area contributed by atoms with Crippen LogP contribution in [0.25, 0.3) is 0 Å². The molecule has 0 bridgehead atoms. The molecule has 88 heavy (non-hydrogen) atoms. The highest BCUT2D eigenvalue weighted by molar-refractivity contribution is 7.47. The van der Waals surface area contributed by atoms with Crippen molar-refractivity contribution in [1.82, 2.24) is 47.3 Å². The van der Waals surface area contributed by atoms with Crippen LogP contribution in [0.15, 0.2) is 63.5 Å². The van der Waals surface area contributed by atoms with Crippen LogP contribution in [0, 0.1) is 0 Å². The summed E-state index contributed by atoms with van der Waals surface area (Å²) in [5.41, 5.74) is -6.39. The summed E-state index contributed by atoms with van der Waals surface area (Å²) in [7, 11) is -13.9. The lowest BCUT2D eigenvalue weighted by atomic mass is 10.0. The maximum Gasteiger partial charge on any atom is 0.469 e. The average molecular weight is 1360 g/mol. The Morgan fingerprint density at radius 2 is 0.875 bits per heavy atom. The molecule has 18 N–H and O–H groups in total. The fourth-order valence-electron chi connectivity index (χ4n) is 8.08. The van der Waals surface area contributed by atoms with Gasteiger partial charge in [-0.3, -0.25) is 41.6 Å². The second-order valence-corrected chi connectivity index (χ2v) is 23.7. The lowest BCUT2D eigenvalue weighted by Gasteiger charge is -2.17. The van der Waals surface area contributed by atoms with E-state index in [9.17, 15) is 97.5 Å². The van der Waals surface area contributed by atoms with E-state index >= 15 is 0 Å². The van der Waals surface area contributed by atoms with Crippen molar-refractivity contribution in [2.75, 3.05) is 26.4 Å². The highest BCUT2D eigenvalue weighted by Crippen LogP contribution is 2.42. The Morgan fingerprint density at radius 3 is 1.30 bits per heavy atom. The Bertz CT molecular complexity index is 3750. The van der Waals surface area contributed by atoms with Crippen LogP contribution >= 0.6 is 31.3 Å². The molecule has 4 aliphatic rings. The van der Waals surface area contributed by atoms with Gasteiger partial charge < -0.3 is 104 Å². The molecule has 0 amide bonds. The van der Waals surface area contributed by atoms with Gasteiger partial charge in [0.1, 0.15) is 92.0 Å². The molecule has 0 saturated carbocycles. The second kappa shape index (κ2) is 29.2. The first kappa shape index (κ1) is 73.2. The van der Waals surface area contributed by atoms with E-state index in [0.717, 1.165) is 46.4 Å². The minimum absolute atomic E-state index is 0.0696. The van der Waals surface area contributed by atoms with Crippen molar-refractivity contribution in [3.63, 3.8) is 0 Å². The van der Waals surface area contributed by atoms with Gasteiger partial charge in [0, 0.05) is 27.3 Å². The third-order valence-corrected chi connectivity index (χ3v) is 14.4. The molecule has 0 radical (unpaired) electrons. The van der Waals surface area contributed by atoms with Gasteiger partial charge in [-0.15, -0.1) is 0 Å². The molecule has 4 saturated heterocycles. The van der Waals surface area contributed by atoms with Gasteiger partial charge in [-0.2, -0.15) is 19.5 Å². The Kier molecular flexibility index (Phi) is 24.3. The summed E-state index contributed by atoms with van der Waals surface area (Å²) in [5, 5.41) is 78.8. The van der Waals surface area contributed by atoms with Gasteiger partial charge in [0.25, 0.3) is 5.56 Å². The number of phosphoric acid groups is 4. The number of aliphatic hydroxyl groups excluding tert-OH is 8. The molecular formula is C37H58N11O36P4+. The zero-order chi connectivity index (χ0) is 66.6. The van der Waals surface area contributed by atoms with Crippen molar-refractivity contribution >= 4 is 31.3 Å². The van der Waals surface area contributed by atoms with Crippen molar-refractivity contribution in [3.05, 3.63) is 114 Å². The number of ether oxygens (including phenoxy) is 4. The van der Waals surface area contributed by atoms with Crippen LogP contribution in [0.5, 0.6) is 0 Å². The Hall–Kier alpha value is -5.53. The van der Waals surface area contributed by atoms with Crippen molar-refractivity contribution in [3.8, 4) is 0 Å². The predicted octanol–water partition coefficient (Wildman–Crippen LogP) is -13.2. The molecule has 0 aromatic carbocycles. The third-order valence-electron chi connectivity index (χ3n) is 12.5. The lowest BCUT2D eigenvalue weighted by Crippen LogP contribution is -2.54. The molecule has 8 heterocycles. The number of nitrogens with one attached hydrogen (secondary N) is 2. The number of hydrogen-bond donors (Lipinski definition) is 18. The van der Waals surface area contributed by atoms with Crippen LogP contribution in [0.1, 0.15) is 30.4 Å². The molecular weight excluding hydrogens is 1300 g/mol. The Morgan fingerprint density at radius 1 is 0.500 bits per heavy atom. The van der Waals surface area contributed by atoms with Crippen LogP contribution < -0.4 is 50.0 Å². The summed E-state index contributed by atoms with van der Waals surface area (Å²) >= 11 is 0. The number of aromatic amines is 2. The summed E-state index contributed by atoms with van der Waals surface area (Å²) in [6, 6.07) is 0. The third kappa shape index (κ3) is 18.8. The quantitative estimate of drug-likeness (QED) is 0.0366. The van der Waals surface area contributed by atoms with E-state index in [1.807, 2.05) is 9.97 Å². The highest BCUT2D eigenvalue weighted by atomic mass is 31.2. The molecule has 47 nitrogen and oxygen atoms in total. The van der Waals surface area contributed by atoms with E-state index in [2.05, 4.69) is 28.1 Å². The van der Waals surface area contributed by atoms with Gasteiger partial charge in [-0.1, -0.05) is 0 Å². The minimum atomic E-state index is -4.78. The van der Waals surface area contributed by atoms with Gasteiger partial charge in [-0.05, 0) is 0 Å². The molecule has 51 heteroatoms. The number of hydrogen-bond acceptors (Lipinski definition) is 30. The fourth-order valence-corrected chi connectivity index (χ4v) is 9.44. The number of H-pyrrole nitrogens is 2. The maximum absolute atomic E-state index is 12.1. The van der Waals surface area contributed by atoms with Gasteiger partial charge in [-0.25, -0.2) is 61.0 Å². The maximum atomic E-state index is 12.1. The van der Waals surface area contributed by atoms with Crippen LogP contribution in [0.2, 0.25) is 0 Å². The van der Waals surface area contributed by atoms with E-state index in [1.165, 1.54) is 34.4 Å². The van der Waals surface area contributed by atoms with E-state index in [-0.39, 0.29) is 5.56 Å². The zero-order valence-corrected chi connectivity index (χ0v) is 48.6. The van der Waals surface area contributed by atoms with Crippen LogP contribution in [-0.2, 0) is 83.5 Å². The normalized spacial score (nSPS) is 29.0. The van der Waals surface area contributed by atoms with Crippen LogP contribution in [-0.4, -0.2) is 227 Å². The molecule has 4 aliphatic heterocycles. The van der Waals surface area contributed by atoms with Gasteiger partial charge in [0.05, 0.1) is 39.0 Å². The summed E-state index contributed by atoms with van der Waals surface area (Å²) in [6.45, 7) is -2.77. The zero-order valence-electron chi connectivity index (χ0n) is 45.0. The molecule has 16 atom stereocenters. The molecule has 0 aliphatic carbocycles. The number of rotatable bonds is 16. The molecule has 4 aromatic heterocycles. The number of phosphoric ester groups is 4. The highest BCUT2D eigenvalue weighted by Gasteiger charge is 2.49. The van der Waals surface area contributed by atoms with Gasteiger partial charge >= 0.3 is 71.1 Å². The van der Waals surface area contributed by atoms with Crippen molar-refractivity contribution in [2.24, 2.45) is 28.2 Å². The monoisotopic (exact) mass is 1360 g/mol. The number of aromatic nitrogens is 11. The van der Waals surface area contributed by atoms with E-state index < -0.39 is 201 Å². The molecule has 4 aromatic rings. The summed E-state index contributed by atoms with van der Waals surface area (Å²) in [4.78, 5) is 172. The average Bonchev–Trinajstić information content (AvgIpc) is 1.94. The number of aliphatic hydroxyl groups is 8. The largest absolute Gasteiger partial charge is 0.469 e. The first-order valence-corrected chi connectivity index (χ1v) is 30.2. The van der Waals surface area contributed by atoms with E-state index in [4.69, 9.17) is 58.1 Å². The standard InChI is InChI=1S/C11H17N2O9P.2C9H14N3O9P.C8H12N3O9P/c1-12-3-5(10(16)13(2)11(12)17)9-8(15)7(14)6(22-9)4-21-23(18,19)20;1-11-3-12(9(16)10-8(11)15)7-6(14)5(13)4(21-7)2-20-22(17,18)19;1-11-8(15)10-3-12(9(11)16)7-6(14)5(13)4(21-7)2-20-22(17,18)19;12-4-3(1-19-21(16,17)18)20-6(5(4)13)11-2-9-7(14)10-8(11)15/h3,6-9,14-15H,4H2,1-2H3,(H2,18,19,20);3-7,13-14H,2H2,1H3,(H2-,10,15,16,17,18,19);3-7,13-14H,2H2,1H3,(H2,17,18,19);2-6,12-13H,1H2,(H,10,14,15)(H2,16,17,18)/p+1/t6-,7-,8-,9+;2*4-,5-,6-,7-;3-,4-,5-,6-/m1111/s1. The topological polar surface area (TPSA) is 693 Å². The SMILES string of the molecule is C[n+]1cn([C@@H]2O[C@H](COP(=O)(O)O)[C@@H](O)[C@H]2O)c(=O)[nH]c1=O.Cn1c(=O)ncn([C@@H]2O[C@H](COP(=O)(O)O)[C@@H](O)[C@H]2O)c1=O.Cn1cc([C@@H]2O[C@H](COP(=O)(O)O)[C@@H](O)[C@H]2O)c(=O)n(C)c1=O.O=c1ncn([C@@H]2O[C@H](COP(=O)(O)O)[C@@H](O)[C@H]2O)c(=O)[nH]1. The number of aryl methyl sites for hydroxylation is 2. The summed E-state index contributed by atoms with van der Waals surface area (Å²) in [5.74, 6) is 0. The predicted molar refractivity (Wildman–Crippen MR) is 272 cm³/mol. The van der Waals surface area contributed by atoms with E-state index in [1.54, 1.807) is 0 Å². The second-order valence-electron chi connectivity index (χ2n) is 18.7. The smallest absolute Gasteiger partial charge is 0.387 e. The minimum Gasteiger partial charge on any atom is -0.387 e. The van der Waals surface area contributed by atoms with Crippen LogP contribution in [0.3, 0.4) is 0 Å². The van der Waals surface area contributed by atoms with Crippen LogP contribution in [0.4, 0.5) is 0 Å². The van der Waals surface area contributed by atoms with E-state index in [0.29, 0.717) is 4.57 Å². The van der Waals surface area contributed by atoms with Crippen molar-refractivity contribution in [2.45, 2.75) is 98.0 Å². The van der Waals surface area contributed by atoms with Gasteiger partial charge in [0.15, 0.2) is 12.5 Å². The first-order valence-electron chi connectivity index (χ1n) is 24.1. The molecule has 0 unspecified atom stereocenters. The fraction of sp³-hybridized carbons (Fsp3) is 0.649.